The zero-order valence-corrected chi connectivity index (χ0v) is 11.7. The first-order valence-corrected chi connectivity index (χ1v) is 6.66. The molecule has 1 N–H and O–H groups in total. The lowest BCUT2D eigenvalue weighted by atomic mass is 10.1. The van der Waals surface area contributed by atoms with Crippen molar-refractivity contribution in [3.63, 3.8) is 0 Å². The normalized spacial score (nSPS) is 12.6. The fourth-order valence-electron chi connectivity index (χ4n) is 1.71. The quantitative estimate of drug-likeness (QED) is 0.919. The van der Waals surface area contributed by atoms with Crippen molar-refractivity contribution in [2.45, 2.75) is 32.4 Å². The molecule has 18 heavy (non-hydrogen) atoms. The molecule has 1 atom stereocenters. The molecule has 0 fully saturated rings. The maximum absolute atomic E-state index is 10.1. The Bertz CT molecular complexity index is 497. The first kappa shape index (κ1) is 13.2. The van der Waals surface area contributed by atoms with Crippen LogP contribution in [0.3, 0.4) is 0 Å². The highest BCUT2D eigenvalue weighted by Gasteiger charge is 2.14. The number of aliphatic hydroxyl groups excluding tert-OH is 1. The van der Waals surface area contributed by atoms with Gasteiger partial charge in [-0.15, -0.1) is 0 Å². The Morgan fingerprint density at radius 1 is 1.39 bits per heavy atom. The van der Waals surface area contributed by atoms with E-state index < -0.39 is 6.10 Å². The van der Waals surface area contributed by atoms with Crippen molar-refractivity contribution < 1.29 is 5.11 Å². The van der Waals surface area contributed by atoms with E-state index in [1.54, 1.807) is 12.3 Å². The Hall–Kier alpha value is -1.27. The van der Waals surface area contributed by atoms with Crippen molar-refractivity contribution >= 4 is 15.9 Å². The number of aliphatic hydroxyl groups is 1. The molecule has 2 aromatic heterocycles. The molecule has 2 aromatic rings. The van der Waals surface area contributed by atoms with Gasteiger partial charge in [0.25, 0.3) is 0 Å². The van der Waals surface area contributed by atoms with E-state index >= 15 is 0 Å². The van der Waals surface area contributed by atoms with E-state index in [1.807, 2.05) is 10.7 Å². The maximum atomic E-state index is 10.1. The third-order valence-corrected chi connectivity index (χ3v) is 3.07. The molecule has 6 heteroatoms. The van der Waals surface area contributed by atoms with Crippen molar-refractivity contribution in [1.29, 1.82) is 0 Å². The van der Waals surface area contributed by atoms with Gasteiger partial charge in [-0.2, -0.15) is 5.10 Å². The second-order valence-corrected chi connectivity index (χ2v) is 4.94. The lowest BCUT2D eigenvalue weighted by Crippen LogP contribution is -2.11. The summed E-state index contributed by atoms with van der Waals surface area (Å²) in [6.45, 7) is 2.90. The fourth-order valence-corrected chi connectivity index (χ4v) is 1.94. The Kier molecular flexibility index (Phi) is 4.43. The van der Waals surface area contributed by atoms with Gasteiger partial charge in [0.1, 0.15) is 18.3 Å². The zero-order chi connectivity index (χ0) is 13.0. The molecule has 0 bridgehead atoms. The van der Waals surface area contributed by atoms with Crippen LogP contribution in [-0.2, 0) is 13.0 Å². The van der Waals surface area contributed by atoms with Crippen LogP contribution in [0.25, 0.3) is 0 Å². The van der Waals surface area contributed by atoms with Crippen molar-refractivity contribution in [3.8, 4) is 0 Å². The predicted octanol–water partition coefficient (Wildman–Crippen LogP) is 2.12. The van der Waals surface area contributed by atoms with Crippen LogP contribution in [0.4, 0.5) is 0 Å². The van der Waals surface area contributed by atoms with Gasteiger partial charge < -0.3 is 5.11 Å². The van der Waals surface area contributed by atoms with Gasteiger partial charge in [0.2, 0.25) is 0 Å². The summed E-state index contributed by atoms with van der Waals surface area (Å²) in [5, 5.41) is 14.3. The molecule has 96 valence electrons. The third kappa shape index (κ3) is 3.14. The number of pyridine rings is 1. The summed E-state index contributed by atoms with van der Waals surface area (Å²) in [4.78, 5) is 8.35. The van der Waals surface area contributed by atoms with Crippen LogP contribution in [0, 0.1) is 0 Å². The van der Waals surface area contributed by atoms with E-state index in [1.165, 1.54) is 6.33 Å². The molecule has 0 aliphatic rings. The van der Waals surface area contributed by atoms with Crippen LogP contribution in [0.5, 0.6) is 0 Å². The Morgan fingerprint density at radius 2 is 2.22 bits per heavy atom. The highest BCUT2D eigenvalue weighted by Crippen LogP contribution is 2.17. The first-order chi connectivity index (χ1) is 8.70. The minimum atomic E-state index is -0.655. The average Bonchev–Trinajstić information content (AvgIpc) is 2.78. The monoisotopic (exact) mass is 310 g/mol. The summed E-state index contributed by atoms with van der Waals surface area (Å²) in [5.41, 5.74) is 0.643. The Labute approximate surface area is 114 Å². The van der Waals surface area contributed by atoms with Crippen molar-refractivity contribution in [2.24, 2.45) is 0 Å². The molecule has 0 saturated carbocycles. The lowest BCUT2D eigenvalue weighted by molar-refractivity contribution is 0.169. The zero-order valence-electron chi connectivity index (χ0n) is 10.1. The summed E-state index contributed by atoms with van der Waals surface area (Å²) in [6, 6.07) is 3.66. The topological polar surface area (TPSA) is 63.8 Å². The minimum absolute atomic E-state index is 0.425. The first-order valence-electron chi connectivity index (χ1n) is 5.87. The smallest absolute Gasteiger partial charge is 0.138 e. The molecule has 0 saturated heterocycles. The minimum Gasteiger partial charge on any atom is -0.386 e. The number of aryl methyl sites for hydroxylation is 1. The van der Waals surface area contributed by atoms with Crippen LogP contribution >= 0.6 is 15.9 Å². The summed E-state index contributed by atoms with van der Waals surface area (Å²) in [7, 11) is 0. The van der Waals surface area contributed by atoms with E-state index in [0.717, 1.165) is 23.3 Å². The number of hydrogen-bond donors (Lipinski definition) is 1. The van der Waals surface area contributed by atoms with Crippen LogP contribution in [0.2, 0.25) is 0 Å². The van der Waals surface area contributed by atoms with Crippen molar-refractivity contribution in [3.05, 3.63) is 40.6 Å². The van der Waals surface area contributed by atoms with Crippen molar-refractivity contribution in [1.82, 2.24) is 19.7 Å². The number of halogens is 1. The number of rotatable bonds is 5. The maximum Gasteiger partial charge on any atom is 0.138 e. The molecule has 2 heterocycles. The molecule has 0 aliphatic heterocycles. The van der Waals surface area contributed by atoms with Gasteiger partial charge in [-0.1, -0.05) is 6.92 Å². The fraction of sp³-hybridized carbons (Fsp3) is 0.417. The van der Waals surface area contributed by atoms with Gasteiger partial charge in [-0.3, -0.25) is 9.67 Å². The molecule has 5 nitrogen and oxygen atoms in total. The molecule has 0 spiro atoms. The standard InChI is InChI=1S/C12H15BrN4O/c1-2-5-17-12(15-8-16-17)6-11(18)10-4-3-9(13)7-14-10/h3-4,7-8,11,18H,2,5-6H2,1H3. The van der Waals surface area contributed by atoms with Crippen LogP contribution < -0.4 is 0 Å². The molecule has 1 unspecified atom stereocenters. The average molecular weight is 311 g/mol. The number of aromatic nitrogens is 4. The van der Waals surface area contributed by atoms with E-state index in [2.05, 4.69) is 37.9 Å². The highest BCUT2D eigenvalue weighted by atomic mass is 79.9. The highest BCUT2D eigenvalue weighted by molar-refractivity contribution is 9.10. The van der Waals surface area contributed by atoms with E-state index in [9.17, 15) is 5.11 Å². The number of hydrogen-bond acceptors (Lipinski definition) is 4. The molecule has 2 rings (SSSR count). The second kappa shape index (κ2) is 6.06. The lowest BCUT2D eigenvalue weighted by Gasteiger charge is -2.10. The van der Waals surface area contributed by atoms with Crippen LogP contribution in [0.1, 0.15) is 31.0 Å². The Balaban J connectivity index is 2.08. The molecular formula is C12H15BrN4O. The third-order valence-electron chi connectivity index (χ3n) is 2.60. The largest absolute Gasteiger partial charge is 0.386 e. The van der Waals surface area contributed by atoms with E-state index in [-0.39, 0.29) is 0 Å². The molecule has 0 amide bonds. The van der Waals surface area contributed by atoms with Gasteiger partial charge in [0.05, 0.1) is 5.69 Å². The SMILES string of the molecule is CCCn1ncnc1CC(O)c1ccc(Br)cn1. The van der Waals surface area contributed by atoms with Gasteiger partial charge in [0.15, 0.2) is 0 Å². The molecule has 0 aromatic carbocycles. The van der Waals surface area contributed by atoms with Gasteiger partial charge in [0, 0.05) is 23.6 Å². The van der Waals surface area contributed by atoms with Crippen molar-refractivity contribution in [2.75, 3.05) is 0 Å². The summed E-state index contributed by atoms with van der Waals surface area (Å²) >= 11 is 3.32. The van der Waals surface area contributed by atoms with E-state index in [4.69, 9.17) is 0 Å². The summed E-state index contributed by atoms with van der Waals surface area (Å²) < 4.78 is 2.72. The predicted molar refractivity (Wildman–Crippen MR) is 70.9 cm³/mol. The van der Waals surface area contributed by atoms with Crippen LogP contribution in [-0.4, -0.2) is 24.9 Å². The van der Waals surface area contributed by atoms with E-state index in [0.29, 0.717) is 12.1 Å². The van der Waals surface area contributed by atoms with Gasteiger partial charge in [-0.25, -0.2) is 4.98 Å². The number of nitrogens with zero attached hydrogens (tertiary/aromatic N) is 4. The molecule has 0 radical (unpaired) electrons. The van der Waals surface area contributed by atoms with Crippen LogP contribution in [0.15, 0.2) is 29.1 Å². The van der Waals surface area contributed by atoms with Gasteiger partial charge >= 0.3 is 0 Å². The molecule has 0 aliphatic carbocycles. The second-order valence-electron chi connectivity index (χ2n) is 4.02. The Morgan fingerprint density at radius 3 is 2.89 bits per heavy atom. The van der Waals surface area contributed by atoms with Gasteiger partial charge in [-0.05, 0) is 34.5 Å². The summed E-state index contributed by atoms with van der Waals surface area (Å²) in [6.07, 6.45) is 3.96. The molecular weight excluding hydrogens is 296 g/mol. The summed E-state index contributed by atoms with van der Waals surface area (Å²) in [5.74, 6) is 0.786.